The zero-order valence-corrected chi connectivity index (χ0v) is 19.4. The van der Waals surface area contributed by atoms with E-state index in [4.69, 9.17) is 9.97 Å². The number of hydrazine groups is 1. The fourth-order valence-corrected chi connectivity index (χ4v) is 5.23. The fourth-order valence-electron chi connectivity index (χ4n) is 5.23. The lowest BCUT2D eigenvalue weighted by Crippen LogP contribution is -2.39. The van der Waals surface area contributed by atoms with Gasteiger partial charge in [0.25, 0.3) is 5.91 Å². The summed E-state index contributed by atoms with van der Waals surface area (Å²) in [6.07, 6.45) is 5.28. The minimum absolute atomic E-state index is 0.0811. The number of nitrogens with zero attached hydrogens (tertiary/aromatic N) is 2. The Labute approximate surface area is 197 Å². The van der Waals surface area contributed by atoms with Gasteiger partial charge >= 0.3 is 0 Å². The van der Waals surface area contributed by atoms with Gasteiger partial charge in [-0.15, -0.1) is 0 Å². The average molecular weight is 459 g/mol. The molecule has 6 N–H and O–H groups in total. The zero-order valence-electron chi connectivity index (χ0n) is 19.4. The quantitative estimate of drug-likeness (QED) is 0.273. The Kier molecular flexibility index (Phi) is 5.23. The van der Waals surface area contributed by atoms with Crippen LogP contribution in [0.2, 0.25) is 0 Å². The molecule has 9 heteroatoms. The fraction of sp³-hybridized carbons (Fsp3) is 0.400. The first kappa shape index (κ1) is 21.1. The Bertz CT molecular complexity index is 1360. The van der Waals surface area contributed by atoms with Crippen molar-refractivity contribution in [3.63, 3.8) is 0 Å². The van der Waals surface area contributed by atoms with Crippen molar-refractivity contribution in [2.24, 2.45) is 5.92 Å². The highest BCUT2D eigenvalue weighted by Gasteiger charge is 2.34. The molecular formula is C25H30N8O. The Morgan fingerprint density at radius 3 is 2.94 bits per heavy atom. The third kappa shape index (κ3) is 3.91. The Balaban J connectivity index is 1.31. The molecule has 0 radical (unpaired) electrons. The molecule has 1 aliphatic heterocycles. The summed E-state index contributed by atoms with van der Waals surface area (Å²) in [6.45, 7) is 4.92. The van der Waals surface area contributed by atoms with Crippen LogP contribution in [0.1, 0.15) is 43.6 Å². The number of carbonyl (C=O) groups is 1. The number of aromatic nitrogens is 4. The second-order valence-corrected chi connectivity index (χ2v) is 9.80. The summed E-state index contributed by atoms with van der Waals surface area (Å²) in [5.74, 6) is 2.06. The normalized spacial score (nSPS) is 22.4. The summed E-state index contributed by atoms with van der Waals surface area (Å²) < 4.78 is 0. The van der Waals surface area contributed by atoms with Gasteiger partial charge in [-0.3, -0.25) is 15.6 Å². The number of hydrogen-bond donors (Lipinski definition) is 6. The van der Waals surface area contributed by atoms with E-state index in [1.54, 1.807) is 0 Å². The monoisotopic (exact) mass is 458 g/mol. The smallest absolute Gasteiger partial charge is 0.267 e. The number of fused-ring (bicyclic) bond motifs is 3. The van der Waals surface area contributed by atoms with Gasteiger partial charge in [0.2, 0.25) is 0 Å². The molecule has 0 bridgehead atoms. The largest absolute Gasteiger partial charge is 0.367 e. The molecule has 4 heterocycles. The molecule has 1 amide bonds. The van der Waals surface area contributed by atoms with E-state index in [1.165, 1.54) is 0 Å². The summed E-state index contributed by atoms with van der Waals surface area (Å²) in [5, 5.41) is 8.63. The molecule has 0 spiro atoms. The summed E-state index contributed by atoms with van der Waals surface area (Å²) >= 11 is 0. The maximum atomic E-state index is 12.4. The van der Waals surface area contributed by atoms with E-state index in [0.717, 1.165) is 59.1 Å². The minimum atomic E-state index is -0.106. The molecule has 1 saturated heterocycles. The number of anilines is 1. The van der Waals surface area contributed by atoms with Crippen molar-refractivity contribution >= 4 is 33.7 Å². The average Bonchev–Trinajstić information content (AvgIpc) is 3.56. The van der Waals surface area contributed by atoms with Crippen molar-refractivity contribution in [2.75, 3.05) is 11.9 Å². The van der Waals surface area contributed by atoms with Crippen LogP contribution in [-0.4, -0.2) is 50.5 Å². The molecule has 9 nitrogen and oxygen atoms in total. The first-order chi connectivity index (χ1) is 16.5. The molecule has 2 aliphatic rings. The number of aromatic amines is 2. The number of amides is 1. The predicted octanol–water partition coefficient (Wildman–Crippen LogP) is 3.30. The van der Waals surface area contributed by atoms with Crippen LogP contribution < -0.4 is 21.5 Å². The number of hydrogen-bond acceptors (Lipinski definition) is 6. The third-order valence-electron chi connectivity index (χ3n) is 6.94. The summed E-state index contributed by atoms with van der Waals surface area (Å²) in [5.41, 5.74) is 9.85. The van der Waals surface area contributed by atoms with Gasteiger partial charge in [0.1, 0.15) is 17.2 Å². The van der Waals surface area contributed by atoms with Crippen molar-refractivity contribution in [2.45, 2.75) is 51.2 Å². The topological polar surface area (TPSA) is 123 Å². The molecule has 2 fully saturated rings. The molecule has 1 aromatic carbocycles. The van der Waals surface area contributed by atoms with Gasteiger partial charge < -0.3 is 20.6 Å². The van der Waals surface area contributed by atoms with Crippen molar-refractivity contribution in [1.29, 1.82) is 0 Å². The van der Waals surface area contributed by atoms with Crippen molar-refractivity contribution in [3.05, 3.63) is 42.2 Å². The third-order valence-corrected chi connectivity index (χ3v) is 6.94. The molecule has 3 unspecified atom stereocenters. The number of carbonyl (C=O) groups excluding carboxylic acids is 1. The number of rotatable bonds is 5. The SMILES string of the molecule is CC(C)NC(=O)c1cc2ccc(-c3nc(NC4CCC5NNCC5C4)c4cc[nH]c4n3)cc2[nH]1. The van der Waals surface area contributed by atoms with Gasteiger partial charge in [-0.2, -0.15) is 0 Å². The standard InChI is InChI=1S/C25H30N8O/c1-13(2)28-25(34)21-10-14-3-4-15(11-20(14)30-21)22-31-23-18(7-8-26-23)24(32-22)29-17-5-6-19-16(9-17)12-27-33-19/h3-4,7-8,10-11,13,16-17,19,27,30,33H,5-6,9,12H2,1-2H3,(H,28,34)(H2,26,29,31,32). The maximum Gasteiger partial charge on any atom is 0.267 e. The van der Waals surface area contributed by atoms with Crippen LogP contribution in [-0.2, 0) is 0 Å². The van der Waals surface area contributed by atoms with E-state index in [-0.39, 0.29) is 11.9 Å². The zero-order chi connectivity index (χ0) is 23.2. The lowest BCUT2D eigenvalue weighted by molar-refractivity contribution is 0.0939. The molecule has 1 aliphatic carbocycles. The maximum absolute atomic E-state index is 12.4. The molecule has 3 aromatic heterocycles. The van der Waals surface area contributed by atoms with E-state index in [0.29, 0.717) is 29.5 Å². The first-order valence-electron chi connectivity index (χ1n) is 12.1. The van der Waals surface area contributed by atoms with Crippen LogP contribution in [0.3, 0.4) is 0 Å². The second-order valence-electron chi connectivity index (χ2n) is 9.80. The summed E-state index contributed by atoms with van der Waals surface area (Å²) in [6, 6.07) is 11.0. The van der Waals surface area contributed by atoms with Crippen LogP contribution in [0.5, 0.6) is 0 Å². The van der Waals surface area contributed by atoms with Crippen LogP contribution in [0.4, 0.5) is 5.82 Å². The molecule has 3 atom stereocenters. The highest BCUT2D eigenvalue weighted by Crippen LogP contribution is 2.31. The van der Waals surface area contributed by atoms with Gasteiger partial charge in [-0.25, -0.2) is 9.97 Å². The highest BCUT2D eigenvalue weighted by atomic mass is 16.1. The van der Waals surface area contributed by atoms with Gasteiger partial charge in [-0.1, -0.05) is 12.1 Å². The first-order valence-corrected chi connectivity index (χ1v) is 12.1. The number of benzene rings is 1. The van der Waals surface area contributed by atoms with Gasteiger partial charge in [0, 0.05) is 47.3 Å². The minimum Gasteiger partial charge on any atom is -0.367 e. The number of nitrogens with one attached hydrogen (secondary N) is 6. The van der Waals surface area contributed by atoms with Gasteiger partial charge in [-0.05, 0) is 57.2 Å². The van der Waals surface area contributed by atoms with Crippen LogP contribution in [0.15, 0.2) is 36.5 Å². The summed E-state index contributed by atoms with van der Waals surface area (Å²) in [4.78, 5) is 28.6. The molecule has 176 valence electrons. The highest BCUT2D eigenvalue weighted by molar-refractivity contribution is 5.99. The van der Waals surface area contributed by atoms with Crippen molar-refractivity contribution in [3.8, 4) is 11.4 Å². The van der Waals surface area contributed by atoms with Crippen LogP contribution in [0, 0.1) is 5.92 Å². The van der Waals surface area contributed by atoms with Crippen LogP contribution in [0.25, 0.3) is 33.3 Å². The van der Waals surface area contributed by atoms with E-state index in [9.17, 15) is 4.79 Å². The van der Waals surface area contributed by atoms with E-state index in [2.05, 4.69) is 31.5 Å². The Morgan fingerprint density at radius 2 is 2.06 bits per heavy atom. The molecule has 4 aromatic rings. The van der Waals surface area contributed by atoms with Crippen molar-refractivity contribution < 1.29 is 4.79 Å². The molecule has 34 heavy (non-hydrogen) atoms. The molecule has 6 rings (SSSR count). The second kappa shape index (κ2) is 8.41. The lowest BCUT2D eigenvalue weighted by Gasteiger charge is -2.31. The van der Waals surface area contributed by atoms with Crippen molar-refractivity contribution in [1.82, 2.24) is 36.1 Å². The van der Waals surface area contributed by atoms with E-state index >= 15 is 0 Å². The predicted molar refractivity (Wildman–Crippen MR) is 133 cm³/mol. The van der Waals surface area contributed by atoms with E-state index < -0.39 is 0 Å². The Morgan fingerprint density at radius 1 is 1.15 bits per heavy atom. The number of H-pyrrole nitrogens is 2. The lowest BCUT2D eigenvalue weighted by atomic mass is 9.83. The van der Waals surface area contributed by atoms with Gasteiger partial charge in [0.05, 0.1) is 5.39 Å². The van der Waals surface area contributed by atoms with Gasteiger partial charge in [0.15, 0.2) is 5.82 Å². The molecular weight excluding hydrogens is 428 g/mol. The molecule has 1 saturated carbocycles. The van der Waals surface area contributed by atoms with Crippen LogP contribution >= 0.6 is 0 Å². The Hall–Kier alpha value is -3.43. The van der Waals surface area contributed by atoms with E-state index in [1.807, 2.05) is 50.4 Å². The summed E-state index contributed by atoms with van der Waals surface area (Å²) in [7, 11) is 0.